The molecular formula is C14H13BrClNO2S. The average Bonchev–Trinajstić information content (AvgIpc) is 2.79. The van der Waals surface area contributed by atoms with Crippen molar-refractivity contribution < 1.29 is 9.53 Å². The van der Waals surface area contributed by atoms with Gasteiger partial charge in [0.05, 0.1) is 7.11 Å². The van der Waals surface area contributed by atoms with E-state index in [1.165, 1.54) is 18.4 Å². The largest absolute Gasteiger partial charge is 0.468 e. The number of hydrogen-bond donors (Lipinski definition) is 1. The molecule has 1 N–H and O–H groups in total. The van der Waals surface area contributed by atoms with Crippen molar-refractivity contribution in [2.75, 3.05) is 7.11 Å². The zero-order chi connectivity index (χ0) is 14.5. The first-order valence-corrected chi connectivity index (χ1v) is 7.90. The highest BCUT2D eigenvalue weighted by Crippen LogP contribution is 2.35. The fourth-order valence-electron chi connectivity index (χ4n) is 1.74. The number of esters is 1. The number of benzene rings is 1. The van der Waals surface area contributed by atoms with Crippen molar-refractivity contribution in [2.45, 2.75) is 12.6 Å². The molecule has 0 radical (unpaired) electrons. The summed E-state index contributed by atoms with van der Waals surface area (Å²) in [6.07, 6.45) is 0. The molecule has 0 aliphatic heterocycles. The Bertz CT molecular complexity index is 569. The smallest absolute Gasteiger partial charge is 0.328 e. The highest BCUT2D eigenvalue weighted by molar-refractivity contribution is 9.10. The maximum atomic E-state index is 11.9. The summed E-state index contributed by atoms with van der Waals surface area (Å²) in [5.41, 5.74) is 1.10. The van der Waals surface area contributed by atoms with Gasteiger partial charge in [-0.3, -0.25) is 5.32 Å². The van der Waals surface area contributed by atoms with Crippen LogP contribution < -0.4 is 5.32 Å². The van der Waals surface area contributed by atoms with Gasteiger partial charge in [-0.2, -0.15) is 0 Å². The summed E-state index contributed by atoms with van der Waals surface area (Å²) in [7, 11) is 1.38. The third-order valence-corrected chi connectivity index (χ3v) is 5.28. The van der Waals surface area contributed by atoms with Crippen LogP contribution in [0, 0.1) is 0 Å². The third-order valence-electron chi connectivity index (χ3n) is 2.74. The summed E-state index contributed by atoms with van der Waals surface area (Å²) in [6.45, 7) is 0.577. The normalized spacial score (nSPS) is 12.2. The number of carbonyl (C=O) groups excluding carboxylic acids is 1. The van der Waals surface area contributed by atoms with Crippen LogP contribution in [0.25, 0.3) is 0 Å². The first-order chi connectivity index (χ1) is 9.61. The van der Waals surface area contributed by atoms with Crippen LogP contribution in [0.4, 0.5) is 0 Å². The van der Waals surface area contributed by atoms with E-state index in [-0.39, 0.29) is 5.97 Å². The molecule has 20 heavy (non-hydrogen) atoms. The van der Waals surface area contributed by atoms with Gasteiger partial charge in [0.25, 0.3) is 0 Å². The number of carbonyl (C=O) groups is 1. The first-order valence-electron chi connectivity index (χ1n) is 5.91. The molecule has 3 nitrogen and oxygen atoms in total. The van der Waals surface area contributed by atoms with E-state index in [0.29, 0.717) is 10.9 Å². The van der Waals surface area contributed by atoms with E-state index >= 15 is 0 Å². The Kier molecular flexibility index (Phi) is 5.60. The van der Waals surface area contributed by atoms with Crippen molar-refractivity contribution in [3.63, 3.8) is 0 Å². The van der Waals surface area contributed by atoms with Crippen molar-refractivity contribution in [3.05, 3.63) is 55.6 Å². The van der Waals surface area contributed by atoms with Crippen LogP contribution in [0.15, 0.2) is 40.9 Å². The van der Waals surface area contributed by atoms with E-state index in [1.54, 1.807) is 0 Å². The van der Waals surface area contributed by atoms with E-state index in [4.69, 9.17) is 16.3 Å². The number of nitrogens with one attached hydrogen (secondary N) is 1. The van der Waals surface area contributed by atoms with Crippen LogP contribution in [-0.2, 0) is 16.1 Å². The molecule has 1 aromatic carbocycles. The summed E-state index contributed by atoms with van der Waals surface area (Å²) >= 11 is 10.7. The Balaban J connectivity index is 2.14. The van der Waals surface area contributed by atoms with Gasteiger partial charge in [-0.15, -0.1) is 11.3 Å². The minimum atomic E-state index is -0.519. The summed E-state index contributed by atoms with van der Waals surface area (Å²) in [5.74, 6) is -0.327. The highest BCUT2D eigenvalue weighted by Gasteiger charge is 2.23. The van der Waals surface area contributed by atoms with E-state index in [1.807, 2.05) is 36.4 Å². The molecule has 1 aromatic heterocycles. The van der Waals surface area contributed by atoms with Crippen molar-refractivity contribution in [3.8, 4) is 0 Å². The van der Waals surface area contributed by atoms with Crippen LogP contribution in [0.3, 0.4) is 0 Å². The highest BCUT2D eigenvalue weighted by atomic mass is 79.9. The SMILES string of the molecule is COC(=O)C(NCc1ccccc1)c1cc(Br)c(Cl)s1. The molecule has 0 amide bonds. The third kappa shape index (κ3) is 3.82. The lowest BCUT2D eigenvalue weighted by Gasteiger charge is -2.15. The Morgan fingerprint density at radius 1 is 1.45 bits per heavy atom. The summed E-state index contributed by atoms with van der Waals surface area (Å²) in [6, 6.07) is 11.2. The molecule has 0 spiro atoms. The van der Waals surface area contributed by atoms with E-state index in [9.17, 15) is 4.79 Å². The molecule has 0 saturated heterocycles. The lowest BCUT2D eigenvalue weighted by molar-refractivity contribution is -0.143. The Labute approximate surface area is 135 Å². The fourth-order valence-corrected chi connectivity index (χ4v) is 3.54. The Morgan fingerprint density at radius 2 is 2.15 bits per heavy atom. The lowest BCUT2D eigenvalue weighted by Crippen LogP contribution is -2.28. The predicted octanol–water partition coefficient (Wildman–Crippen LogP) is 4.17. The van der Waals surface area contributed by atoms with Crippen LogP contribution in [0.2, 0.25) is 4.34 Å². The quantitative estimate of drug-likeness (QED) is 0.798. The molecule has 0 fully saturated rings. The second-order valence-electron chi connectivity index (χ2n) is 4.09. The molecule has 106 valence electrons. The minimum Gasteiger partial charge on any atom is -0.468 e. The van der Waals surface area contributed by atoms with Gasteiger partial charge >= 0.3 is 5.97 Å². The maximum absolute atomic E-state index is 11.9. The van der Waals surface area contributed by atoms with Crippen molar-refractivity contribution >= 4 is 44.8 Å². The second kappa shape index (κ2) is 7.22. The zero-order valence-electron chi connectivity index (χ0n) is 10.7. The molecule has 0 bridgehead atoms. The molecule has 6 heteroatoms. The topological polar surface area (TPSA) is 38.3 Å². The van der Waals surface area contributed by atoms with E-state index in [0.717, 1.165) is 14.9 Å². The second-order valence-corrected chi connectivity index (χ2v) is 6.63. The first kappa shape index (κ1) is 15.5. The minimum absolute atomic E-state index is 0.327. The van der Waals surface area contributed by atoms with Gasteiger partial charge in [0.2, 0.25) is 0 Å². The number of hydrogen-bond acceptors (Lipinski definition) is 4. The number of thiophene rings is 1. The van der Waals surface area contributed by atoms with Gasteiger partial charge in [-0.25, -0.2) is 4.79 Å². The standard InChI is InChI=1S/C14H13BrClNO2S/c1-19-14(18)12(11-7-10(15)13(16)20-11)17-8-9-5-3-2-4-6-9/h2-7,12,17H,8H2,1H3. The van der Waals surface area contributed by atoms with Crippen molar-refractivity contribution in [1.82, 2.24) is 5.32 Å². The van der Waals surface area contributed by atoms with E-state index in [2.05, 4.69) is 21.2 Å². The maximum Gasteiger partial charge on any atom is 0.328 e. The van der Waals surface area contributed by atoms with Gasteiger partial charge in [-0.05, 0) is 27.6 Å². The molecular weight excluding hydrogens is 362 g/mol. The molecule has 0 aliphatic rings. The number of halogens is 2. The molecule has 2 rings (SSSR count). The molecule has 0 aliphatic carbocycles. The van der Waals surface area contributed by atoms with Crippen molar-refractivity contribution in [2.24, 2.45) is 0 Å². The van der Waals surface area contributed by atoms with Gasteiger partial charge in [-0.1, -0.05) is 41.9 Å². The van der Waals surface area contributed by atoms with Crippen LogP contribution in [0.1, 0.15) is 16.5 Å². The summed E-state index contributed by atoms with van der Waals surface area (Å²) in [5, 5.41) is 3.20. The molecule has 0 saturated carbocycles. The Morgan fingerprint density at radius 3 is 2.70 bits per heavy atom. The van der Waals surface area contributed by atoms with Gasteiger partial charge < -0.3 is 4.74 Å². The van der Waals surface area contributed by atoms with Gasteiger partial charge in [0.15, 0.2) is 0 Å². The van der Waals surface area contributed by atoms with Crippen LogP contribution in [0.5, 0.6) is 0 Å². The van der Waals surface area contributed by atoms with Gasteiger partial charge in [0.1, 0.15) is 10.4 Å². The van der Waals surface area contributed by atoms with Crippen LogP contribution >= 0.6 is 38.9 Å². The average molecular weight is 375 g/mol. The number of ether oxygens (including phenoxy) is 1. The lowest BCUT2D eigenvalue weighted by atomic mass is 10.2. The summed E-state index contributed by atoms with van der Waals surface area (Å²) in [4.78, 5) is 12.7. The van der Waals surface area contributed by atoms with Crippen molar-refractivity contribution in [1.29, 1.82) is 0 Å². The number of methoxy groups -OCH3 is 1. The Hall–Kier alpha value is -0.880. The van der Waals surface area contributed by atoms with Crippen LogP contribution in [-0.4, -0.2) is 13.1 Å². The molecule has 1 atom stereocenters. The fraction of sp³-hybridized carbons (Fsp3) is 0.214. The summed E-state index contributed by atoms with van der Waals surface area (Å²) < 4.78 is 6.26. The zero-order valence-corrected chi connectivity index (χ0v) is 13.9. The van der Waals surface area contributed by atoms with Gasteiger partial charge in [0, 0.05) is 15.9 Å². The predicted molar refractivity (Wildman–Crippen MR) is 85.1 cm³/mol. The molecule has 2 aromatic rings. The number of rotatable bonds is 5. The molecule has 1 heterocycles. The molecule has 1 unspecified atom stereocenters. The monoisotopic (exact) mass is 373 g/mol. The van der Waals surface area contributed by atoms with E-state index < -0.39 is 6.04 Å².